The number of hydrogen-bond acceptors (Lipinski definition) is 1. The van der Waals surface area contributed by atoms with Crippen molar-refractivity contribution in [3.05, 3.63) is 23.0 Å². The molecule has 0 unspecified atom stereocenters. The zero-order valence-electron chi connectivity index (χ0n) is 6.78. The fraction of sp³-hybridized carbons (Fsp3) is 0.444. The Morgan fingerprint density at radius 3 is 2.64 bits per heavy atom. The molecule has 0 radical (unpaired) electrons. The Kier molecular flexibility index (Phi) is 2.22. The van der Waals surface area contributed by atoms with Gasteiger partial charge < -0.3 is 0 Å². The molecule has 0 spiro atoms. The first-order valence-corrected chi connectivity index (χ1v) is 3.69. The summed E-state index contributed by atoms with van der Waals surface area (Å²) < 4.78 is 13.0. The summed E-state index contributed by atoms with van der Waals surface area (Å²) >= 11 is 0. The van der Waals surface area contributed by atoms with Gasteiger partial charge in [0.2, 0.25) is 0 Å². The highest BCUT2D eigenvalue weighted by molar-refractivity contribution is 5.98. The van der Waals surface area contributed by atoms with Gasteiger partial charge in [-0.25, -0.2) is 4.39 Å². The number of ketones is 1. The third-order valence-electron chi connectivity index (χ3n) is 1.83. The van der Waals surface area contributed by atoms with Crippen LogP contribution < -0.4 is 0 Å². The second-order valence-corrected chi connectivity index (χ2v) is 2.76. The van der Waals surface area contributed by atoms with Gasteiger partial charge in [-0.1, -0.05) is 6.08 Å². The van der Waals surface area contributed by atoms with Crippen LogP contribution in [0.1, 0.15) is 26.7 Å². The number of carbonyl (C=O) groups excluding carboxylic acids is 1. The van der Waals surface area contributed by atoms with Gasteiger partial charge in [0.05, 0.1) is 5.57 Å². The van der Waals surface area contributed by atoms with E-state index >= 15 is 0 Å². The highest BCUT2D eigenvalue weighted by Crippen LogP contribution is 2.26. The number of halogens is 1. The van der Waals surface area contributed by atoms with Crippen LogP contribution in [-0.2, 0) is 4.79 Å². The largest absolute Gasteiger partial charge is 0.294 e. The molecule has 0 aliphatic heterocycles. The summed E-state index contributed by atoms with van der Waals surface area (Å²) in [5, 5.41) is 0. The first-order valence-electron chi connectivity index (χ1n) is 3.69. The minimum atomic E-state index is -0.252. The summed E-state index contributed by atoms with van der Waals surface area (Å²) in [6, 6.07) is 0. The first kappa shape index (κ1) is 8.18. The quantitative estimate of drug-likeness (QED) is 0.567. The number of allylic oxidation sites excluding steroid dienone is 4. The first-order chi connectivity index (χ1) is 5.13. The molecule has 0 fully saturated rings. The van der Waals surface area contributed by atoms with Crippen LogP contribution in [0.4, 0.5) is 4.39 Å². The van der Waals surface area contributed by atoms with Crippen LogP contribution in [0, 0.1) is 0 Å². The maximum absolute atomic E-state index is 13.0. The van der Waals surface area contributed by atoms with Gasteiger partial charge in [0.25, 0.3) is 0 Å². The Morgan fingerprint density at radius 1 is 1.64 bits per heavy atom. The maximum atomic E-state index is 13.0. The highest BCUT2D eigenvalue weighted by Gasteiger charge is 2.16. The molecule has 0 atom stereocenters. The molecule has 0 aromatic rings. The van der Waals surface area contributed by atoms with Gasteiger partial charge in [0, 0.05) is 6.42 Å². The van der Waals surface area contributed by atoms with Crippen molar-refractivity contribution in [2.45, 2.75) is 26.7 Å². The van der Waals surface area contributed by atoms with E-state index in [0.29, 0.717) is 12.8 Å². The average Bonchev–Trinajstić information content (AvgIpc) is 1.85. The summed E-state index contributed by atoms with van der Waals surface area (Å²) in [7, 11) is 0. The number of carbonyl (C=O) groups is 1. The Labute approximate surface area is 65.6 Å². The third kappa shape index (κ3) is 1.56. The lowest BCUT2D eigenvalue weighted by Crippen LogP contribution is -2.04. The van der Waals surface area contributed by atoms with Crippen molar-refractivity contribution < 1.29 is 9.18 Å². The molecule has 0 saturated carbocycles. The van der Waals surface area contributed by atoms with Crippen molar-refractivity contribution in [3.63, 3.8) is 0 Å². The SMILES string of the molecule is CC(=O)C1=C(F)CCC=C1C. The minimum absolute atomic E-state index is 0.170. The molecule has 60 valence electrons. The zero-order valence-corrected chi connectivity index (χ0v) is 6.78. The molecule has 0 N–H and O–H groups in total. The zero-order chi connectivity index (χ0) is 8.43. The lowest BCUT2D eigenvalue weighted by Gasteiger charge is -2.11. The van der Waals surface area contributed by atoms with Crippen molar-refractivity contribution in [3.8, 4) is 0 Å². The molecule has 1 aliphatic carbocycles. The molecule has 1 nitrogen and oxygen atoms in total. The van der Waals surface area contributed by atoms with E-state index in [-0.39, 0.29) is 17.2 Å². The number of hydrogen-bond donors (Lipinski definition) is 0. The van der Waals surface area contributed by atoms with Gasteiger partial charge in [-0.15, -0.1) is 0 Å². The van der Waals surface area contributed by atoms with Crippen molar-refractivity contribution in [2.75, 3.05) is 0 Å². The smallest absolute Gasteiger partial charge is 0.162 e. The Hall–Kier alpha value is -0.920. The Bertz CT molecular complexity index is 248. The number of rotatable bonds is 1. The summed E-state index contributed by atoms with van der Waals surface area (Å²) in [5.41, 5.74) is 1.07. The third-order valence-corrected chi connectivity index (χ3v) is 1.83. The van der Waals surface area contributed by atoms with Gasteiger partial charge in [0.1, 0.15) is 5.83 Å². The van der Waals surface area contributed by atoms with E-state index in [1.807, 2.05) is 6.08 Å². The predicted molar refractivity (Wildman–Crippen MR) is 41.8 cm³/mol. The molecule has 0 bridgehead atoms. The lowest BCUT2D eigenvalue weighted by molar-refractivity contribution is -0.113. The molecule has 0 aromatic heterocycles. The fourth-order valence-corrected chi connectivity index (χ4v) is 1.33. The van der Waals surface area contributed by atoms with E-state index in [0.717, 1.165) is 5.57 Å². The van der Waals surface area contributed by atoms with Gasteiger partial charge in [0.15, 0.2) is 5.78 Å². The van der Waals surface area contributed by atoms with E-state index in [1.54, 1.807) is 6.92 Å². The van der Waals surface area contributed by atoms with Crippen LogP contribution in [0.15, 0.2) is 23.0 Å². The molecular weight excluding hydrogens is 143 g/mol. The van der Waals surface area contributed by atoms with E-state index in [2.05, 4.69) is 0 Å². The molecule has 0 amide bonds. The van der Waals surface area contributed by atoms with Crippen molar-refractivity contribution in [1.82, 2.24) is 0 Å². The van der Waals surface area contributed by atoms with Crippen LogP contribution in [0.2, 0.25) is 0 Å². The fourth-order valence-electron chi connectivity index (χ4n) is 1.33. The molecule has 11 heavy (non-hydrogen) atoms. The van der Waals surface area contributed by atoms with Gasteiger partial charge >= 0.3 is 0 Å². The molecule has 1 rings (SSSR count). The second-order valence-electron chi connectivity index (χ2n) is 2.76. The summed E-state index contributed by atoms with van der Waals surface area (Å²) in [6.45, 7) is 3.17. The molecule has 0 aromatic carbocycles. The summed E-state index contributed by atoms with van der Waals surface area (Å²) in [6.07, 6.45) is 3.00. The van der Waals surface area contributed by atoms with Crippen LogP contribution in [-0.4, -0.2) is 5.78 Å². The molecule has 1 aliphatic rings. The highest BCUT2D eigenvalue weighted by atomic mass is 19.1. The maximum Gasteiger partial charge on any atom is 0.162 e. The van der Waals surface area contributed by atoms with E-state index < -0.39 is 0 Å². The average molecular weight is 154 g/mol. The van der Waals surface area contributed by atoms with Crippen molar-refractivity contribution in [2.24, 2.45) is 0 Å². The topological polar surface area (TPSA) is 17.1 Å². The number of Topliss-reactive ketones (excluding diaryl/α,β-unsaturated/α-hetero) is 1. The second kappa shape index (κ2) is 2.99. The molecular formula is C9H11FO. The summed E-state index contributed by atoms with van der Waals surface area (Å²) in [5.74, 6) is -0.423. The molecule has 2 heteroatoms. The molecule has 0 heterocycles. The Morgan fingerprint density at radius 2 is 2.27 bits per heavy atom. The van der Waals surface area contributed by atoms with Crippen molar-refractivity contribution >= 4 is 5.78 Å². The summed E-state index contributed by atoms with van der Waals surface area (Å²) in [4.78, 5) is 10.9. The van der Waals surface area contributed by atoms with Crippen LogP contribution >= 0.6 is 0 Å². The standard InChI is InChI=1S/C9H11FO/c1-6-4-3-5-8(10)9(6)7(2)11/h4H,3,5H2,1-2H3. The Balaban J connectivity index is 3.04. The predicted octanol–water partition coefficient (Wildman–Crippen LogP) is 2.54. The van der Waals surface area contributed by atoms with E-state index in [9.17, 15) is 9.18 Å². The van der Waals surface area contributed by atoms with Gasteiger partial charge in [-0.05, 0) is 25.8 Å². The monoisotopic (exact) mass is 154 g/mol. The van der Waals surface area contributed by atoms with Gasteiger partial charge in [-0.3, -0.25) is 4.79 Å². The van der Waals surface area contributed by atoms with Crippen LogP contribution in [0.25, 0.3) is 0 Å². The minimum Gasteiger partial charge on any atom is -0.294 e. The normalized spacial score (nSPS) is 18.3. The van der Waals surface area contributed by atoms with Gasteiger partial charge in [-0.2, -0.15) is 0 Å². The van der Waals surface area contributed by atoms with Crippen LogP contribution in [0.5, 0.6) is 0 Å². The van der Waals surface area contributed by atoms with E-state index in [4.69, 9.17) is 0 Å². The van der Waals surface area contributed by atoms with E-state index in [1.165, 1.54) is 6.92 Å². The molecule has 0 saturated heterocycles. The lowest BCUT2D eigenvalue weighted by atomic mass is 9.95. The van der Waals surface area contributed by atoms with Crippen LogP contribution in [0.3, 0.4) is 0 Å². The van der Waals surface area contributed by atoms with Crippen molar-refractivity contribution in [1.29, 1.82) is 0 Å².